The Morgan fingerprint density at radius 2 is 1.65 bits per heavy atom. The number of anilines is 1. The largest absolute Gasteiger partial charge is 0.481 e. The fourth-order valence-electron chi connectivity index (χ4n) is 2.87. The third-order valence-corrected chi connectivity index (χ3v) is 5.24. The van der Waals surface area contributed by atoms with Gasteiger partial charge in [-0.1, -0.05) is 32.7 Å². The zero-order valence-electron chi connectivity index (χ0n) is 21.1. The number of benzene rings is 1. The SMILES string of the molecule is CC.CCSNc1cc(C(F)(F)F)cn(CC(=O)NC(CC(=O)O)C(=O)COc2c(F)c(F)cc(F)c2F)c1=O. The van der Waals surface area contributed by atoms with Crippen LogP contribution in [0, 0.1) is 23.3 Å². The van der Waals surface area contributed by atoms with Crippen LogP contribution in [0.1, 0.15) is 32.8 Å². The van der Waals surface area contributed by atoms with Crippen LogP contribution in [-0.4, -0.2) is 45.7 Å². The Hall–Kier alpha value is -3.76. The topological polar surface area (TPSA) is 127 Å². The van der Waals surface area contributed by atoms with Crippen molar-refractivity contribution in [3.63, 3.8) is 0 Å². The molecule has 0 bridgehead atoms. The molecule has 0 saturated carbocycles. The molecule has 2 aromatic rings. The first-order valence-corrected chi connectivity index (χ1v) is 12.3. The molecule has 40 heavy (non-hydrogen) atoms. The number of alkyl halides is 3. The first-order valence-electron chi connectivity index (χ1n) is 11.3. The van der Waals surface area contributed by atoms with Gasteiger partial charge in [0.15, 0.2) is 23.2 Å². The van der Waals surface area contributed by atoms with E-state index in [1.54, 1.807) is 6.92 Å². The Kier molecular flexibility index (Phi) is 13.0. The molecular formula is C23H24F7N3O6S. The molecule has 1 heterocycles. The van der Waals surface area contributed by atoms with E-state index in [-0.39, 0.29) is 6.07 Å². The number of carbonyl (C=O) groups is 3. The van der Waals surface area contributed by atoms with Crippen molar-refractivity contribution in [3.05, 3.63) is 57.5 Å². The van der Waals surface area contributed by atoms with E-state index in [0.717, 1.165) is 11.9 Å². The van der Waals surface area contributed by atoms with Crippen LogP contribution in [0.25, 0.3) is 0 Å². The van der Waals surface area contributed by atoms with Crippen LogP contribution in [0.2, 0.25) is 0 Å². The first kappa shape index (κ1) is 34.3. The van der Waals surface area contributed by atoms with E-state index in [0.29, 0.717) is 22.6 Å². The van der Waals surface area contributed by atoms with Crippen LogP contribution in [-0.2, 0) is 27.1 Å². The van der Waals surface area contributed by atoms with Gasteiger partial charge in [0.05, 0.1) is 12.0 Å². The van der Waals surface area contributed by atoms with E-state index >= 15 is 0 Å². The van der Waals surface area contributed by atoms with Crippen molar-refractivity contribution in [3.8, 4) is 5.75 Å². The van der Waals surface area contributed by atoms with Gasteiger partial charge in [0, 0.05) is 18.0 Å². The van der Waals surface area contributed by atoms with Gasteiger partial charge < -0.3 is 24.4 Å². The summed E-state index contributed by atoms with van der Waals surface area (Å²) in [5.41, 5.74) is -2.84. The minimum absolute atomic E-state index is 0.121. The van der Waals surface area contributed by atoms with E-state index in [9.17, 15) is 49.9 Å². The summed E-state index contributed by atoms with van der Waals surface area (Å²) in [6, 6.07) is -1.55. The number of Topliss-reactive ketones (excluding diaryl/α,β-unsaturated/α-hetero) is 1. The lowest BCUT2D eigenvalue weighted by Gasteiger charge is -2.18. The smallest absolute Gasteiger partial charge is 0.417 e. The second kappa shape index (κ2) is 15.1. The summed E-state index contributed by atoms with van der Waals surface area (Å²) in [5, 5.41) is 10.9. The molecule has 2 rings (SSSR count). The van der Waals surface area contributed by atoms with Gasteiger partial charge in [0.2, 0.25) is 17.5 Å². The van der Waals surface area contributed by atoms with Gasteiger partial charge in [0.1, 0.15) is 24.9 Å². The fourth-order valence-corrected chi connectivity index (χ4v) is 3.31. The number of aromatic nitrogens is 1. The number of aliphatic carboxylic acids is 1. The first-order chi connectivity index (χ1) is 18.6. The molecule has 1 unspecified atom stereocenters. The summed E-state index contributed by atoms with van der Waals surface area (Å²) < 4.78 is 101. The third kappa shape index (κ3) is 9.46. The second-order valence-corrected chi connectivity index (χ2v) is 8.45. The van der Waals surface area contributed by atoms with Crippen LogP contribution in [0.3, 0.4) is 0 Å². The molecular weight excluding hydrogens is 579 g/mol. The van der Waals surface area contributed by atoms with Crippen LogP contribution in [0.15, 0.2) is 23.1 Å². The maximum Gasteiger partial charge on any atom is 0.417 e. The Bertz CT molecular complexity index is 1260. The molecule has 9 nitrogen and oxygen atoms in total. The molecule has 1 aromatic carbocycles. The minimum Gasteiger partial charge on any atom is -0.481 e. The molecule has 3 N–H and O–H groups in total. The Labute approximate surface area is 226 Å². The monoisotopic (exact) mass is 603 g/mol. The molecule has 0 aliphatic heterocycles. The number of hydrogen-bond donors (Lipinski definition) is 3. The number of carboxylic acids is 1. The number of nitrogens with one attached hydrogen (secondary N) is 2. The van der Waals surface area contributed by atoms with Crippen molar-refractivity contribution in [1.82, 2.24) is 9.88 Å². The fraction of sp³-hybridized carbons (Fsp3) is 0.391. The molecule has 1 atom stereocenters. The van der Waals surface area contributed by atoms with E-state index in [2.05, 4.69) is 9.46 Å². The molecule has 0 spiro atoms. The summed E-state index contributed by atoms with van der Waals surface area (Å²) in [6.07, 6.45) is -5.68. The lowest BCUT2D eigenvalue weighted by Crippen LogP contribution is -2.46. The van der Waals surface area contributed by atoms with Gasteiger partial charge >= 0.3 is 12.1 Å². The summed E-state index contributed by atoms with van der Waals surface area (Å²) in [7, 11) is 0. The summed E-state index contributed by atoms with van der Waals surface area (Å²) >= 11 is 0.896. The number of pyridine rings is 1. The molecule has 0 aliphatic carbocycles. The van der Waals surface area contributed by atoms with Crippen molar-refractivity contribution in [1.29, 1.82) is 0 Å². The number of carbonyl (C=O) groups excluding carboxylic acids is 2. The van der Waals surface area contributed by atoms with Crippen LogP contribution >= 0.6 is 11.9 Å². The Balaban J connectivity index is 0.00000391. The van der Waals surface area contributed by atoms with Gasteiger partial charge in [-0.15, -0.1) is 0 Å². The van der Waals surface area contributed by atoms with Gasteiger partial charge in [-0.25, -0.2) is 8.78 Å². The number of halogens is 7. The van der Waals surface area contributed by atoms with E-state index in [1.165, 1.54) is 0 Å². The number of ketones is 1. The normalized spacial score (nSPS) is 11.7. The molecule has 0 saturated heterocycles. The van der Waals surface area contributed by atoms with E-state index in [1.807, 2.05) is 19.2 Å². The quantitative estimate of drug-likeness (QED) is 0.188. The van der Waals surface area contributed by atoms with Crippen molar-refractivity contribution < 1.29 is 55.0 Å². The van der Waals surface area contributed by atoms with Gasteiger partial charge in [0.25, 0.3) is 5.56 Å². The highest BCUT2D eigenvalue weighted by atomic mass is 32.2. The average Bonchev–Trinajstić information content (AvgIpc) is 2.87. The maximum atomic E-state index is 13.7. The third-order valence-electron chi connectivity index (χ3n) is 4.59. The van der Waals surface area contributed by atoms with E-state index in [4.69, 9.17) is 5.11 Å². The van der Waals surface area contributed by atoms with Crippen LogP contribution in [0.4, 0.5) is 36.4 Å². The molecule has 0 fully saturated rings. The summed E-state index contributed by atoms with van der Waals surface area (Å²) in [6.45, 7) is 3.20. The molecule has 0 radical (unpaired) electrons. The number of carboxylic acid groups (broad SMARTS) is 1. The lowest BCUT2D eigenvalue weighted by molar-refractivity contribution is -0.141. The van der Waals surface area contributed by atoms with E-state index < -0.39 is 95.3 Å². The van der Waals surface area contributed by atoms with Gasteiger partial charge in [-0.05, 0) is 6.07 Å². The molecule has 1 aromatic heterocycles. The highest BCUT2D eigenvalue weighted by Crippen LogP contribution is 2.30. The maximum absolute atomic E-state index is 13.7. The average molecular weight is 604 g/mol. The zero-order chi connectivity index (χ0) is 30.8. The lowest BCUT2D eigenvalue weighted by atomic mass is 10.1. The standard InChI is InChI=1S/C21H18F7N3O6S.C2H6/c1-2-38-30-13-3-9(21(26,27)28)6-31(20(13)36)7-15(33)29-12(5-16(34)35)14(32)8-37-19-17(24)10(22)4-11(23)18(19)25;1-2/h3-4,6,12,30H,2,5,7-8H2,1H3,(H,29,33)(H,34,35);1-2H3. The van der Waals surface area contributed by atoms with Crippen molar-refractivity contribution in [2.75, 3.05) is 17.1 Å². The Morgan fingerprint density at radius 1 is 1.07 bits per heavy atom. The number of nitrogens with zero attached hydrogens (tertiary/aromatic N) is 1. The number of amides is 1. The Morgan fingerprint density at radius 3 is 2.15 bits per heavy atom. The van der Waals surface area contributed by atoms with Crippen molar-refractivity contribution in [2.45, 2.75) is 46.0 Å². The second-order valence-electron chi connectivity index (χ2n) is 7.38. The number of hydrogen-bond acceptors (Lipinski definition) is 7. The number of ether oxygens (including phenoxy) is 1. The predicted octanol–water partition coefficient (Wildman–Crippen LogP) is 4.14. The van der Waals surface area contributed by atoms with Crippen molar-refractivity contribution in [2.24, 2.45) is 0 Å². The van der Waals surface area contributed by atoms with Crippen LogP contribution in [0.5, 0.6) is 5.75 Å². The molecule has 1 amide bonds. The van der Waals surface area contributed by atoms with Gasteiger partial charge in [-0.3, -0.25) is 19.2 Å². The van der Waals surface area contributed by atoms with Crippen molar-refractivity contribution >= 4 is 35.3 Å². The number of rotatable bonds is 12. The minimum atomic E-state index is -4.90. The predicted molar refractivity (Wildman–Crippen MR) is 130 cm³/mol. The zero-order valence-corrected chi connectivity index (χ0v) is 21.9. The highest BCUT2D eigenvalue weighted by molar-refractivity contribution is 8.00. The summed E-state index contributed by atoms with van der Waals surface area (Å²) in [5.74, 6) is -13.2. The van der Waals surface area contributed by atoms with Crippen LogP contribution < -0.4 is 20.3 Å². The highest BCUT2D eigenvalue weighted by Gasteiger charge is 2.33. The summed E-state index contributed by atoms with van der Waals surface area (Å²) in [4.78, 5) is 48.4. The molecule has 222 valence electrons. The molecule has 17 heteroatoms. The molecule has 0 aliphatic rings. The van der Waals surface area contributed by atoms with Gasteiger partial charge in [-0.2, -0.15) is 22.0 Å².